The number of ketones is 1. The first-order chi connectivity index (χ1) is 18.6. The Balaban J connectivity index is 1.49. The van der Waals surface area contributed by atoms with Crippen molar-refractivity contribution in [2.24, 2.45) is 11.8 Å². The molecule has 0 radical (unpaired) electrons. The van der Waals surface area contributed by atoms with Crippen LogP contribution in [-0.2, 0) is 26.2 Å². The van der Waals surface area contributed by atoms with Crippen molar-refractivity contribution >= 4 is 29.6 Å². The van der Waals surface area contributed by atoms with Crippen LogP contribution in [-0.4, -0.2) is 72.9 Å². The molecule has 1 aromatic carbocycles. The molecule has 2 aliphatic rings. The number of aromatic nitrogens is 2. The highest BCUT2D eigenvalue weighted by atomic mass is 19.1. The fourth-order valence-electron chi connectivity index (χ4n) is 5.35. The van der Waals surface area contributed by atoms with Crippen LogP contribution in [0.3, 0.4) is 0 Å². The van der Waals surface area contributed by atoms with E-state index in [0.29, 0.717) is 62.8 Å². The molecule has 0 aliphatic carbocycles. The summed E-state index contributed by atoms with van der Waals surface area (Å²) in [6.07, 6.45) is 4.33. The molecule has 210 valence electrons. The summed E-state index contributed by atoms with van der Waals surface area (Å²) in [7, 11) is 1.64. The minimum atomic E-state index is -0.441. The summed E-state index contributed by atoms with van der Waals surface area (Å²) in [6, 6.07) is 4.47. The van der Waals surface area contributed by atoms with Gasteiger partial charge in [0.1, 0.15) is 17.5 Å². The number of fused-ring (bicyclic) bond motifs is 1. The number of ether oxygens (including phenoxy) is 1. The van der Waals surface area contributed by atoms with E-state index in [1.54, 1.807) is 29.2 Å². The van der Waals surface area contributed by atoms with Gasteiger partial charge in [0.15, 0.2) is 5.78 Å². The van der Waals surface area contributed by atoms with E-state index in [1.807, 2.05) is 20.8 Å². The van der Waals surface area contributed by atoms with E-state index in [2.05, 4.69) is 15.3 Å². The second-order valence-electron chi connectivity index (χ2n) is 11.5. The fraction of sp³-hybridized carbons (Fsp3) is 0.552. The van der Waals surface area contributed by atoms with Gasteiger partial charge < -0.3 is 19.9 Å². The third kappa shape index (κ3) is 6.79. The quantitative estimate of drug-likeness (QED) is 0.279. The van der Waals surface area contributed by atoms with Crippen LogP contribution < -0.4 is 10.2 Å². The first-order valence-corrected chi connectivity index (χ1v) is 13.5. The maximum atomic E-state index is 13.7. The standard InChI is InChI=1S/C29H38FN5O4/c1-29(2,3)28-32-15-23(26(33-28)31-9-5-11-39-4)25(37)13-19-12-21(17-34(16-19)18-36)27(38)35-10-8-20-14-22(30)6-7-24(20)35/h6-7,14-15,18-19,21H,5,8-13,16-17H2,1-4H3,(H,31,32,33). The average molecular weight is 540 g/mol. The lowest BCUT2D eigenvalue weighted by Gasteiger charge is -2.36. The number of hydrogen-bond acceptors (Lipinski definition) is 7. The van der Waals surface area contributed by atoms with Crippen LogP contribution >= 0.6 is 0 Å². The van der Waals surface area contributed by atoms with Gasteiger partial charge in [0.25, 0.3) is 0 Å². The Morgan fingerprint density at radius 2 is 2.05 bits per heavy atom. The first kappa shape index (κ1) is 28.6. The van der Waals surface area contributed by atoms with Gasteiger partial charge in [0.05, 0.1) is 11.5 Å². The van der Waals surface area contributed by atoms with E-state index in [4.69, 9.17) is 4.74 Å². The Kier molecular flexibility index (Phi) is 8.94. The molecule has 4 rings (SSSR count). The van der Waals surface area contributed by atoms with Gasteiger partial charge in [-0.3, -0.25) is 14.4 Å². The molecule has 2 unspecified atom stereocenters. The van der Waals surface area contributed by atoms with Gasteiger partial charge in [-0.1, -0.05) is 20.8 Å². The molecule has 1 saturated heterocycles. The number of carbonyl (C=O) groups excluding carboxylic acids is 3. The number of piperidine rings is 1. The predicted octanol–water partition coefficient (Wildman–Crippen LogP) is 3.62. The van der Waals surface area contributed by atoms with Crippen molar-refractivity contribution in [3.8, 4) is 0 Å². The molecule has 3 heterocycles. The third-order valence-electron chi connectivity index (χ3n) is 7.32. The van der Waals surface area contributed by atoms with Crippen molar-refractivity contribution in [3.05, 3.63) is 47.2 Å². The number of amides is 2. The maximum absolute atomic E-state index is 13.7. The molecule has 9 nitrogen and oxygen atoms in total. The molecule has 1 N–H and O–H groups in total. The van der Waals surface area contributed by atoms with Crippen molar-refractivity contribution in [1.29, 1.82) is 0 Å². The zero-order chi connectivity index (χ0) is 28.2. The Labute approximate surface area is 229 Å². The van der Waals surface area contributed by atoms with Crippen LogP contribution in [0.5, 0.6) is 0 Å². The average Bonchev–Trinajstić information content (AvgIpc) is 3.32. The van der Waals surface area contributed by atoms with Crippen LogP contribution in [0.2, 0.25) is 0 Å². The van der Waals surface area contributed by atoms with Gasteiger partial charge >= 0.3 is 0 Å². The number of nitrogens with one attached hydrogen (secondary N) is 1. The maximum Gasteiger partial charge on any atom is 0.231 e. The summed E-state index contributed by atoms with van der Waals surface area (Å²) in [5.74, 6) is -0.0489. The number of benzene rings is 1. The number of carbonyl (C=O) groups is 3. The lowest BCUT2D eigenvalue weighted by molar-refractivity contribution is -0.128. The Morgan fingerprint density at radius 3 is 2.77 bits per heavy atom. The Morgan fingerprint density at radius 1 is 1.26 bits per heavy atom. The smallest absolute Gasteiger partial charge is 0.231 e. The van der Waals surface area contributed by atoms with Gasteiger partial charge in [-0.05, 0) is 48.9 Å². The van der Waals surface area contributed by atoms with E-state index in [-0.39, 0.29) is 35.3 Å². The molecular weight excluding hydrogens is 501 g/mol. The number of halogens is 1. The SMILES string of the molecule is COCCCNc1nc(C(C)(C)C)ncc1C(=O)CC1CC(C(=O)N2CCc3cc(F)ccc32)CN(C=O)C1. The van der Waals surface area contributed by atoms with Crippen molar-refractivity contribution in [2.75, 3.05) is 50.1 Å². The van der Waals surface area contributed by atoms with E-state index >= 15 is 0 Å². The summed E-state index contributed by atoms with van der Waals surface area (Å²) in [4.78, 5) is 51.2. The molecule has 0 spiro atoms. The highest BCUT2D eigenvalue weighted by molar-refractivity contribution is 6.00. The van der Waals surface area contributed by atoms with Crippen molar-refractivity contribution in [1.82, 2.24) is 14.9 Å². The molecule has 0 saturated carbocycles. The zero-order valence-corrected chi connectivity index (χ0v) is 23.2. The van der Waals surface area contributed by atoms with Gasteiger partial charge in [-0.15, -0.1) is 0 Å². The van der Waals surface area contributed by atoms with Crippen molar-refractivity contribution in [3.63, 3.8) is 0 Å². The number of methoxy groups -OCH3 is 1. The first-order valence-electron chi connectivity index (χ1n) is 13.5. The number of rotatable bonds is 10. The summed E-state index contributed by atoms with van der Waals surface area (Å²) in [6.45, 7) is 8.41. The third-order valence-corrected chi connectivity index (χ3v) is 7.32. The molecule has 10 heteroatoms. The second-order valence-corrected chi connectivity index (χ2v) is 11.5. The molecule has 2 amide bonds. The molecule has 2 atom stereocenters. The predicted molar refractivity (Wildman–Crippen MR) is 146 cm³/mol. The lowest BCUT2D eigenvalue weighted by Crippen LogP contribution is -2.47. The van der Waals surface area contributed by atoms with E-state index < -0.39 is 5.92 Å². The molecule has 1 fully saturated rings. The fourth-order valence-corrected chi connectivity index (χ4v) is 5.35. The number of hydrogen-bond donors (Lipinski definition) is 1. The van der Waals surface area contributed by atoms with Crippen LogP contribution in [0, 0.1) is 17.7 Å². The Hall–Kier alpha value is -3.40. The highest BCUT2D eigenvalue weighted by Gasteiger charge is 2.37. The van der Waals surface area contributed by atoms with Crippen LogP contribution in [0.25, 0.3) is 0 Å². The lowest BCUT2D eigenvalue weighted by atomic mass is 9.84. The number of nitrogens with zero attached hydrogens (tertiary/aromatic N) is 4. The molecule has 39 heavy (non-hydrogen) atoms. The normalized spacial score (nSPS) is 19.1. The van der Waals surface area contributed by atoms with Gasteiger partial charge in [0.2, 0.25) is 12.3 Å². The number of likely N-dealkylation sites (tertiary alicyclic amines) is 1. The number of Topliss-reactive ketones (excluding diaryl/α,β-unsaturated/α-hetero) is 1. The Bertz CT molecular complexity index is 1210. The summed E-state index contributed by atoms with van der Waals surface area (Å²) >= 11 is 0. The van der Waals surface area contributed by atoms with Gasteiger partial charge in [0, 0.05) is 63.6 Å². The van der Waals surface area contributed by atoms with Crippen molar-refractivity contribution < 1.29 is 23.5 Å². The van der Waals surface area contributed by atoms with E-state index in [1.165, 1.54) is 12.1 Å². The molecular formula is C29H38FN5O4. The monoisotopic (exact) mass is 539 g/mol. The molecule has 1 aromatic heterocycles. The summed E-state index contributed by atoms with van der Waals surface area (Å²) in [5.41, 5.74) is 1.65. The van der Waals surface area contributed by atoms with Gasteiger partial charge in [-0.25, -0.2) is 14.4 Å². The minimum Gasteiger partial charge on any atom is -0.385 e. The highest BCUT2D eigenvalue weighted by Crippen LogP contribution is 2.33. The molecule has 2 aromatic rings. The topological polar surface area (TPSA) is 105 Å². The summed E-state index contributed by atoms with van der Waals surface area (Å²) < 4.78 is 18.8. The van der Waals surface area contributed by atoms with Crippen LogP contribution in [0.1, 0.15) is 61.8 Å². The van der Waals surface area contributed by atoms with Crippen LogP contribution in [0.15, 0.2) is 24.4 Å². The molecule has 0 bridgehead atoms. The van der Waals surface area contributed by atoms with Gasteiger partial charge in [-0.2, -0.15) is 0 Å². The second kappa shape index (κ2) is 12.2. The van der Waals surface area contributed by atoms with Crippen LogP contribution in [0.4, 0.5) is 15.9 Å². The summed E-state index contributed by atoms with van der Waals surface area (Å²) in [5, 5.41) is 3.27. The number of anilines is 2. The zero-order valence-electron chi connectivity index (χ0n) is 23.2. The van der Waals surface area contributed by atoms with E-state index in [9.17, 15) is 18.8 Å². The molecule has 2 aliphatic heterocycles. The largest absolute Gasteiger partial charge is 0.385 e. The minimum absolute atomic E-state index is 0.0947. The van der Waals surface area contributed by atoms with Crippen molar-refractivity contribution in [2.45, 2.75) is 51.9 Å². The van der Waals surface area contributed by atoms with E-state index in [0.717, 1.165) is 24.1 Å².